The van der Waals surface area contributed by atoms with Crippen molar-refractivity contribution in [1.82, 2.24) is 15.5 Å². The average molecular weight is 261 g/mol. The van der Waals surface area contributed by atoms with Crippen molar-refractivity contribution in [1.29, 1.82) is 0 Å². The van der Waals surface area contributed by atoms with Gasteiger partial charge in [-0.15, -0.1) is 0 Å². The van der Waals surface area contributed by atoms with Crippen LogP contribution in [0.5, 0.6) is 0 Å². The summed E-state index contributed by atoms with van der Waals surface area (Å²) in [5, 5.41) is 22.4. The van der Waals surface area contributed by atoms with E-state index in [-0.39, 0.29) is 18.6 Å². The topological polar surface area (TPSA) is 102 Å². The number of nitrogens with one attached hydrogen (secondary N) is 2. The van der Waals surface area contributed by atoms with Gasteiger partial charge in [0.1, 0.15) is 6.04 Å². The van der Waals surface area contributed by atoms with Crippen LogP contribution in [0, 0.1) is 0 Å². The first kappa shape index (κ1) is 16.7. The predicted molar refractivity (Wildman–Crippen MR) is 67.4 cm³/mol. The van der Waals surface area contributed by atoms with Crippen molar-refractivity contribution >= 4 is 12.0 Å². The maximum Gasteiger partial charge on any atom is 0.326 e. The first-order valence-corrected chi connectivity index (χ1v) is 5.76. The summed E-state index contributed by atoms with van der Waals surface area (Å²) in [5.74, 6) is -1.16. The van der Waals surface area contributed by atoms with Gasteiger partial charge in [0.05, 0.1) is 0 Å². The van der Waals surface area contributed by atoms with E-state index >= 15 is 0 Å². The normalized spacial score (nSPS) is 13.2. The number of likely N-dealkylation sites (N-methyl/N-ethyl adjacent to an activating group) is 1. The second kappa shape index (κ2) is 7.17. The lowest BCUT2D eigenvalue weighted by molar-refractivity contribution is -0.139. The van der Waals surface area contributed by atoms with Crippen LogP contribution in [0.15, 0.2) is 0 Å². The van der Waals surface area contributed by atoms with E-state index in [0.717, 1.165) is 0 Å². The van der Waals surface area contributed by atoms with Crippen molar-refractivity contribution in [2.45, 2.75) is 31.8 Å². The van der Waals surface area contributed by atoms with Gasteiger partial charge in [0.25, 0.3) is 0 Å². The van der Waals surface area contributed by atoms with Crippen LogP contribution < -0.4 is 10.6 Å². The molecule has 0 aliphatic carbocycles. The molecule has 0 radical (unpaired) electrons. The third kappa shape index (κ3) is 5.83. The molecule has 7 nitrogen and oxygen atoms in total. The number of hydrogen-bond acceptors (Lipinski definition) is 4. The molecule has 0 heterocycles. The molecule has 0 bridgehead atoms. The van der Waals surface area contributed by atoms with Crippen LogP contribution in [0.3, 0.4) is 0 Å². The number of nitrogens with zero attached hydrogens (tertiary/aromatic N) is 1. The van der Waals surface area contributed by atoms with Crippen molar-refractivity contribution in [3.8, 4) is 0 Å². The number of aliphatic hydroxyl groups is 1. The summed E-state index contributed by atoms with van der Waals surface area (Å²) in [6, 6.07) is -1.62. The number of carboxylic acids is 1. The lowest BCUT2D eigenvalue weighted by Crippen LogP contribution is -2.53. The number of carbonyl (C=O) groups is 2. The van der Waals surface area contributed by atoms with Gasteiger partial charge in [-0.1, -0.05) is 0 Å². The number of amides is 2. The Labute approximate surface area is 107 Å². The molecule has 0 fully saturated rings. The summed E-state index contributed by atoms with van der Waals surface area (Å²) >= 11 is 0. The van der Waals surface area contributed by atoms with Gasteiger partial charge in [0.2, 0.25) is 0 Å². The van der Waals surface area contributed by atoms with Gasteiger partial charge >= 0.3 is 12.0 Å². The Kier molecular flexibility index (Phi) is 6.64. The van der Waals surface area contributed by atoms with Crippen molar-refractivity contribution in [2.75, 3.05) is 27.2 Å². The molecular formula is C11H23N3O4. The van der Waals surface area contributed by atoms with Crippen molar-refractivity contribution < 1.29 is 19.8 Å². The maximum absolute atomic E-state index is 11.5. The fourth-order valence-corrected chi connectivity index (χ4v) is 1.05. The predicted octanol–water partition coefficient (Wildman–Crippen LogP) is -0.539. The van der Waals surface area contributed by atoms with Gasteiger partial charge in [-0.05, 0) is 27.9 Å². The highest BCUT2D eigenvalue weighted by atomic mass is 16.4. The molecule has 106 valence electrons. The lowest BCUT2D eigenvalue weighted by Gasteiger charge is -2.32. The van der Waals surface area contributed by atoms with Gasteiger partial charge in [0, 0.05) is 25.1 Å². The number of carbonyl (C=O) groups excluding carboxylic acids is 1. The van der Waals surface area contributed by atoms with E-state index < -0.39 is 18.0 Å². The quantitative estimate of drug-likeness (QED) is 0.493. The zero-order chi connectivity index (χ0) is 14.3. The van der Waals surface area contributed by atoms with Gasteiger partial charge < -0.3 is 25.7 Å². The molecule has 4 N–H and O–H groups in total. The number of aliphatic carboxylic acids is 1. The number of urea groups is 1. The van der Waals surface area contributed by atoms with E-state index in [2.05, 4.69) is 10.6 Å². The van der Waals surface area contributed by atoms with Crippen molar-refractivity contribution in [2.24, 2.45) is 0 Å². The van der Waals surface area contributed by atoms with Gasteiger partial charge in [0.15, 0.2) is 0 Å². The Morgan fingerprint density at radius 1 is 1.33 bits per heavy atom. The standard InChI is InChI=1S/C11H23N3O4/c1-11(2,14(3)4)7-12-10(18)13-8(5-6-15)9(16)17/h8,15H,5-7H2,1-4H3,(H,16,17)(H2,12,13,18). The molecule has 0 rings (SSSR count). The van der Waals surface area contributed by atoms with Crippen LogP contribution in [0.25, 0.3) is 0 Å². The number of hydrogen-bond donors (Lipinski definition) is 4. The minimum Gasteiger partial charge on any atom is -0.480 e. The Hall–Kier alpha value is -1.34. The average Bonchev–Trinajstić information content (AvgIpc) is 2.25. The van der Waals surface area contributed by atoms with Crippen molar-refractivity contribution in [3.63, 3.8) is 0 Å². The third-order valence-electron chi connectivity index (χ3n) is 2.91. The first-order chi connectivity index (χ1) is 8.20. The minimum absolute atomic E-state index is 0.0141. The smallest absolute Gasteiger partial charge is 0.326 e. The zero-order valence-corrected chi connectivity index (χ0v) is 11.4. The maximum atomic E-state index is 11.5. The second-order valence-electron chi connectivity index (χ2n) is 4.94. The van der Waals surface area contributed by atoms with E-state index in [1.807, 2.05) is 32.8 Å². The number of rotatable bonds is 7. The molecule has 0 aliphatic rings. The van der Waals surface area contributed by atoms with Gasteiger partial charge in [-0.25, -0.2) is 9.59 Å². The van der Waals surface area contributed by atoms with Crippen LogP contribution in [0.4, 0.5) is 4.79 Å². The lowest BCUT2D eigenvalue weighted by atomic mass is 10.0. The van der Waals surface area contributed by atoms with Crippen LogP contribution in [-0.2, 0) is 4.79 Å². The summed E-state index contributed by atoms with van der Waals surface area (Å²) in [4.78, 5) is 24.2. The first-order valence-electron chi connectivity index (χ1n) is 5.76. The Balaban J connectivity index is 4.22. The molecule has 1 atom stereocenters. The Bertz CT molecular complexity index is 292. The largest absolute Gasteiger partial charge is 0.480 e. The molecule has 0 spiro atoms. The summed E-state index contributed by atoms with van der Waals surface area (Å²) in [6.07, 6.45) is -0.0141. The molecule has 2 amide bonds. The summed E-state index contributed by atoms with van der Waals surface area (Å²) in [5.41, 5.74) is -0.229. The van der Waals surface area contributed by atoms with E-state index in [1.165, 1.54) is 0 Å². The Morgan fingerprint density at radius 2 is 1.89 bits per heavy atom. The highest BCUT2D eigenvalue weighted by Crippen LogP contribution is 2.07. The molecule has 7 heteroatoms. The van der Waals surface area contributed by atoms with E-state index in [1.54, 1.807) is 0 Å². The Morgan fingerprint density at radius 3 is 2.28 bits per heavy atom. The highest BCUT2D eigenvalue weighted by molar-refractivity contribution is 5.82. The minimum atomic E-state index is -1.16. The van der Waals surface area contributed by atoms with Gasteiger partial charge in [-0.3, -0.25) is 0 Å². The van der Waals surface area contributed by atoms with Crippen molar-refractivity contribution in [3.05, 3.63) is 0 Å². The molecular weight excluding hydrogens is 238 g/mol. The second-order valence-corrected chi connectivity index (χ2v) is 4.94. The number of carboxylic acid groups (broad SMARTS) is 1. The summed E-state index contributed by atoms with van der Waals surface area (Å²) in [7, 11) is 3.79. The SMILES string of the molecule is CN(C)C(C)(C)CNC(=O)NC(CCO)C(=O)O. The van der Waals surface area contributed by atoms with Gasteiger partial charge in [-0.2, -0.15) is 0 Å². The van der Waals surface area contributed by atoms with E-state index in [0.29, 0.717) is 6.54 Å². The summed E-state index contributed by atoms with van der Waals surface area (Å²) in [6.45, 7) is 4.00. The molecule has 0 aliphatic heterocycles. The molecule has 18 heavy (non-hydrogen) atoms. The molecule has 0 aromatic carbocycles. The molecule has 0 saturated heterocycles. The molecule has 0 aromatic rings. The fraction of sp³-hybridized carbons (Fsp3) is 0.818. The molecule has 1 unspecified atom stereocenters. The van der Waals surface area contributed by atoms with Crippen LogP contribution in [-0.4, -0.2) is 65.9 Å². The van der Waals surface area contributed by atoms with Crippen LogP contribution >= 0.6 is 0 Å². The number of aliphatic hydroxyl groups excluding tert-OH is 1. The van der Waals surface area contributed by atoms with E-state index in [4.69, 9.17) is 10.2 Å². The third-order valence-corrected chi connectivity index (χ3v) is 2.91. The molecule has 0 aromatic heterocycles. The highest BCUT2D eigenvalue weighted by Gasteiger charge is 2.23. The van der Waals surface area contributed by atoms with Crippen LogP contribution in [0.2, 0.25) is 0 Å². The van der Waals surface area contributed by atoms with E-state index in [9.17, 15) is 9.59 Å². The summed E-state index contributed by atoms with van der Waals surface area (Å²) < 4.78 is 0. The zero-order valence-electron chi connectivity index (χ0n) is 11.4. The molecule has 0 saturated carbocycles. The fourth-order valence-electron chi connectivity index (χ4n) is 1.05. The van der Waals surface area contributed by atoms with Crippen LogP contribution in [0.1, 0.15) is 20.3 Å². The monoisotopic (exact) mass is 261 g/mol.